The molecule has 0 saturated carbocycles. The van der Waals surface area contributed by atoms with Gasteiger partial charge in [-0.15, -0.1) is 6.58 Å². The van der Waals surface area contributed by atoms with Crippen LogP contribution in [-0.4, -0.2) is 57.6 Å². The van der Waals surface area contributed by atoms with Crippen LogP contribution in [0.5, 0.6) is 0 Å². The van der Waals surface area contributed by atoms with Crippen LogP contribution in [0.25, 0.3) is 0 Å². The van der Waals surface area contributed by atoms with Crippen molar-refractivity contribution in [2.75, 3.05) is 13.2 Å². The van der Waals surface area contributed by atoms with Gasteiger partial charge in [0.05, 0.1) is 31.4 Å². The molecule has 1 aliphatic rings. The van der Waals surface area contributed by atoms with Gasteiger partial charge in [-0.05, 0) is 33.3 Å². The van der Waals surface area contributed by atoms with E-state index in [0.717, 1.165) is 5.56 Å². The number of hydrogen-bond acceptors (Lipinski definition) is 7. The summed E-state index contributed by atoms with van der Waals surface area (Å²) in [6.07, 6.45) is 0.976. The van der Waals surface area contributed by atoms with Gasteiger partial charge in [-0.3, -0.25) is 9.58 Å². The Morgan fingerprint density at radius 3 is 2.56 bits per heavy atom. The molecule has 1 aromatic carbocycles. The summed E-state index contributed by atoms with van der Waals surface area (Å²) >= 11 is 0. The van der Waals surface area contributed by atoms with Crippen molar-refractivity contribution in [1.29, 1.82) is 0 Å². The van der Waals surface area contributed by atoms with E-state index in [1.807, 2.05) is 30.3 Å². The number of aromatic nitrogens is 2. The minimum Gasteiger partial charge on any atom is -0.461 e. The topological polar surface area (TPSA) is 112 Å². The Bertz CT molecular complexity index is 1090. The highest BCUT2D eigenvalue weighted by Gasteiger charge is 2.36. The number of alkyl carbamates (subject to hydrolysis) is 1. The first-order valence-corrected chi connectivity index (χ1v) is 11.9. The lowest BCUT2D eigenvalue weighted by Crippen LogP contribution is -2.45. The summed E-state index contributed by atoms with van der Waals surface area (Å²) < 4.78 is 17.6. The van der Waals surface area contributed by atoms with E-state index >= 15 is 0 Å². The molecule has 194 valence electrons. The lowest BCUT2D eigenvalue weighted by Gasteiger charge is -2.34. The summed E-state index contributed by atoms with van der Waals surface area (Å²) in [7, 11) is 0. The van der Waals surface area contributed by atoms with Crippen LogP contribution in [-0.2, 0) is 40.3 Å². The number of fused-ring (bicyclic) bond motifs is 1. The summed E-state index contributed by atoms with van der Waals surface area (Å²) in [5.74, 6) is -0.543. The minimum atomic E-state index is -0.669. The fourth-order valence-electron chi connectivity index (χ4n) is 3.83. The summed E-state index contributed by atoms with van der Waals surface area (Å²) in [4.78, 5) is 39.4. The van der Waals surface area contributed by atoms with Gasteiger partial charge in [-0.25, -0.2) is 14.4 Å². The molecule has 3 rings (SSSR count). The summed E-state index contributed by atoms with van der Waals surface area (Å²) in [6.45, 7) is 11.8. The third kappa shape index (κ3) is 6.87. The maximum atomic E-state index is 12.9. The molecule has 0 fully saturated rings. The number of benzene rings is 1. The van der Waals surface area contributed by atoms with Crippen LogP contribution in [0.4, 0.5) is 9.59 Å². The number of amides is 2. The molecule has 1 atom stereocenters. The van der Waals surface area contributed by atoms with Crippen molar-refractivity contribution in [3.05, 3.63) is 65.5 Å². The number of nitrogens with one attached hydrogen (secondary N) is 1. The lowest BCUT2D eigenvalue weighted by molar-refractivity contribution is 0.0160. The molecule has 2 aromatic rings. The zero-order chi connectivity index (χ0) is 26.3. The van der Waals surface area contributed by atoms with E-state index in [9.17, 15) is 14.4 Å². The average molecular weight is 499 g/mol. The van der Waals surface area contributed by atoms with Gasteiger partial charge < -0.3 is 19.5 Å². The molecule has 0 spiro atoms. The first-order valence-electron chi connectivity index (χ1n) is 11.9. The van der Waals surface area contributed by atoms with E-state index in [2.05, 4.69) is 17.0 Å². The molecule has 1 aliphatic heterocycles. The Hall–Kier alpha value is -3.82. The standard InChI is InChI=1S/C26H34N4O6/c1-6-19-15-21-20(16-29(19)25(33)36-26(3,4)5)22(23(31)34-7-2)30(28-21)14-13-27-24(32)35-17-18-11-9-8-10-12-18/h6,8-12,19H,1,7,13-17H2,2-5H3,(H,27,32). The number of esters is 1. The van der Waals surface area contributed by atoms with Crippen molar-refractivity contribution in [2.45, 2.75) is 65.5 Å². The highest BCUT2D eigenvalue weighted by molar-refractivity contribution is 5.90. The molecule has 0 bridgehead atoms. The summed E-state index contributed by atoms with van der Waals surface area (Å²) in [6, 6.07) is 9.02. The zero-order valence-electron chi connectivity index (χ0n) is 21.3. The Kier molecular flexibility index (Phi) is 8.73. The summed E-state index contributed by atoms with van der Waals surface area (Å²) in [5, 5.41) is 7.29. The van der Waals surface area contributed by atoms with Crippen LogP contribution in [0.2, 0.25) is 0 Å². The third-order valence-electron chi connectivity index (χ3n) is 5.44. The van der Waals surface area contributed by atoms with Crippen molar-refractivity contribution in [3.63, 3.8) is 0 Å². The van der Waals surface area contributed by atoms with Crippen LogP contribution >= 0.6 is 0 Å². The van der Waals surface area contributed by atoms with Gasteiger partial charge >= 0.3 is 18.2 Å². The quantitative estimate of drug-likeness (QED) is 0.334. The maximum Gasteiger partial charge on any atom is 0.411 e. The van der Waals surface area contributed by atoms with Gasteiger partial charge in [0.15, 0.2) is 5.69 Å². The van der Waals surface area contributed by atoms with Crippen LogP contribution in [0.1, 0.15) is 55.0 Å². The number of carbonyl (C=O) groups is 3. The number of nitrogens with zero attached hydrogens (tertiary/aromatic N) is 3. The average Bonchev–Trinajstić information content (AvgIpc) is 3.18. The molecule has 0 aliphatic carbocycles. The van der Waals surface area contributed by atoms with Crippen molar-refractivity contribution in [3.8, 4) is 0 Å². The van der Waals surface area contributed by atoms with Gasteiger partial charge in [0.1, 0.15) is 12.2 Å². The Labute approximate surface area is 211 Å². The van der Waals surface area contributed by atoms with E-state index < -0.39 is 23.8 Å². The SMILES string of the molecule is C=CC1Cc2nn(CCNC(=O)OCc3ccccc3)c(C(=O)OCC)c2CN1C(=O)OC(C)(C)C. The third-order valence-corrected chi connectivity index (χ3v) is 5.44. The second-order valence-electron chi connectivity index (χ2n) is 9.32. The predicted octanol–water partition coefficient (Wildman–Crippen LogP) is 3.83. The molecular formula is C26H34N4O6. The summed E-state index contributed by atoms with van der Waals surface area (Å²) in [5.41, 5.74) is 1.74. The predicted molar refractivity (Wildman–Crippen MR) is 132 cm³/mol. The van der Waals surface area contributed by atoms with Gasteiger partial charge in [0.2, 0.25) is 0 Å². The van der Waals surface area contributed by atoms with Crippen LogP contribution in [0.3, 0.4) is 0 Å². The molecule has 36 heavy (non-hydrogen) atoms. The molecule has 1 N–H and O–H groups in total. The highest BCUT2D eigenvalue weighted by atomic mass is 16.6. The first kappa shape index (κ1) is 26.8. The van der Waals surface area contributed by atoms with E-state index in [4.69, 9.17) is 14.2 Å². The molecule has 0 radical (unpaired) electrons. The molecule has 10 heteroatoms. The molecule has 0 saturated heterocycles. The fourth-order valence-corrected chi connectivity index (χ4v) is 3.83. The lowest BCUT2D eigenvalue weighted by atomic mass is 9.99. The second-order valence-corrected chi connectivity index (χ2v) is 9.32. The second kappa shape index (κ2) is 11.7. The molecule has 10 nitrogen and oxygen atoms in total. The van der Waals surface area contributed by atoms with Gasteiger partial charge in [-0.1, -0.05) is 36.4 Å². The number of ether oxygens (including phenoxy) is 3. The van der Waals surface area contributed by atoms with Crippen LogP contribution in [0.15, 0.2) is 43.0 Å². The van der Waals surface area contributed by atoms with E-state index in [-0.39, 0.29) is 44.6 Å². The Morgan fingerprint density at radius 1 is 1.19 bits per heavy atom. The maximum absolute atomic E-state index is 12.9. The zero-order valence-corrected chi connectivity index (χ0v) is 21.3. The minimum absolute atomic E-state index is 0.127. The normalized spacial score (nSPS) is 15.0. The van der Waals surface area contributed by atoms with Crippen molar-refractivity contribution < 1.29 is 28.6 Å². The fraction of sp³-hybridized carbons (Fsp3) is 0.462. The molecule has 2 heterocycles. The van der Waals surface area contributed by atoms with Crippen molar-refractivity contribution in [1.82, 2.24) is 20.0 Å². The van der Waals surface area contributed by atoms with Crippen molar-refractivity contribution >= 4 is 18.2 Å². The Balaban J connectivity index is 1.73. The van der Waals surface area contributed by atoms with Gasteiger partial charge in [-0.2, -0.15) is 5.10 Å². The van der Waals surface area contributed by atoms with E-state index in [0.29, 0.717) is 17.7 Å². The largest absolute Gasteiger partial charge is 0.461 e. The number of carbonyl (C=O) groups excluding carboxylic acids is 3. The van der Waals surface area contributed by atoms with E-state index in [1.165, 1.54) is 9.58 Å². The van der Waals surface area contributed by atoms with Gasteiger partial charge in [0.25, 0.3) is 0 Å². The van der Waals surface area contributed by atoms with Crippen LogP contribution in [0, 0.1) is 0 Å². The first-order chi connectivity index (χ1) is 17.1. The Morgan fingerprint density at radius 2 is 1.92 bits per heavy atom. The van der Waals surface area contributed by atoms with Crippen molar-refractivity contribution in [2.24, 2.45) is 0 Å². The molecular weight excluding hydrogens is 464 g/mol. The van der Waals surface area contributed by atoms with Crippen LogP contribution < -0.4 is 5.32 Å². The molecule has 2 amide bonds. The smallest absolute Gasteiger partial charge is 0.411 e. The van der Waals surface area contributed by atoms with E-state index in [1.54, 1.807) is 33.8 Å². The number of rotatable bonds is 8. The monoisotopic (exact) mass is 498 g/mol. The molecule has 1 aromatic heterocycles. The highest BCUT2D eigenvalue weighted by Crippen LogP contribution is 2.28. The molecule has 1 unspecified atom stereocenters. The number of hydrogen-bond donors (Lipinski definition) is 1. The van der Waals surface area contributed by atoms with Gasteiger partial charge in [0, 0.05) is 18.5 Å².